The van der Waals surface area contributed by atoms with Gasteiger partial charge in [0, 0.05) is 12.5 Å². The van der Waals surface area contributed by atoms with Crippen LogP contribution in [0.25, 0.3) is 0 Å². The molecular weight excluding hydrogens is 897 g/mol. The number of aliphatic carboxylic acids is 1. The first-order chi connectivity index (χ1) is 29.0. The van der Waals surface area contributed by atoms with Crippen LogP contribution in [-0.4, -0.2) is 87.4 Å². The molecule has 0 radical (unpaired) electrons. The summed E-state index contributed by atoms with van der Waals surface area (Å²) in [5, 5.41) is 8.60. The number of unbranched alkanes of at least 4 members (excludes halogenated alkanes) is 23. The first-order valence-electron chi connectivity index (χ1n) is 22.6. The van der Waals surface area contributed by atoms with Crippen LogP contribution in [0.3, 0.4) is 0 Å². The fourth-order valence-electron chi connectivity index (χ4n) is 7.44. The molecule has 4 atom stereocenters. The van der Waals surface area contributed by atoms with Crippen LogP contribution in [0.2, 0.25) is 0 Å². The van der Waals surface area contributed by atoms with Crippen LogP contribution >= 0.6 is 0 Å². The zero-order valence-electron chi connectivity index (χ0n) is 36.8. The summed E-state index contributed by atoms with van der Waals surface area (Å²) in [6, 6.07) is 0. The molecule has 0 aromatic heterocycles. The number of carboxylic acids is 1. The third kappa shape index (κ3) is 46.7. The highest BCUT2D eigenvalue weighted by atomic mass is 32.3. The molecule has 0 aliphatic carbocycles. The first kappa shape index (κ1) is 60.7. The van der Waals surface area contributed by atoms with Crippen molar-refractivity contribution in [3.05, 3.63) is 12.2 Å². The Morgan fingerprint density at radius 2 is 0.661 bits per heavy atom. The molecule has 0 bridgehead atoms. The Hall–Kier alpha value is -1.31. The lowest BCUT2D eigenvalue weighted by Crippen LogP contribution is -2.27. The molecule has 0 saturated heterocycles. The van der Waals surface area contributed by atoms with E-state index in [1.165, 1.54) is 0 Å². The Balaban J connectivity index is 4.31. The van der Waals surface area contributed by atoms with Crippen LogP contribution in [0, 0.1) is 0 Å². The summed E-state index contributed by atoms with van der Waals surface area (Å²) in [7, 11) is -18.6. The van der Waals surface area contributed by atoms with Crippen molar-refractivity contribution >= 4 is 47.6 Å². The first-order valence-corrected chi connectivity index (χ1v) is 28.0. The van der Waals surface area contributed by atoms with E-state index in [2.05, 4.69) is 4.18 Å². The van der Waals surface area contributed by atoms with Gasteiger partial charge in [0.2, 0.25) is 0 Å². The highest BCUT2D eigenvalue weighted by molar-refractivity contribution is 7.81. The standard InChI is InChI=1S/C40H78O18S4/c1-36(55-59(43,44)45)29-23-17-16-21-25-31-37(56-60(46,47)48)30-24-18-12-8-4-2-5-9-13-19-26-32-38(57-61(49,50)51)35-39(58-62(52,53)54)33-27-20-14-10-6-3-7-11-15-22-28-34-40(41)42/h28,34,36-39H,2-27,29-33,35H2,1H3,(H,41,42)(H,43,44,45)(H,46,47,48)(H,49,50,51)(H,52,53,54)/b34-28+. The molecule has 0 aliphatic rings. The van der Waals surface area contributed by atoms with E-state index in [1.807, 2.05) is 0 Å². The average molecular weight is 975 g/mol. The fraction of sp³-hybridized carbons (Fsp3) is 0.925. The number of allylic oxidation sites excluding steroid dienone is 1. The van der Waals surface area contributed by atoms with Crippen molar-refractivity contribution in [2.24, 2.45) is 0 Å². The molecule has 62 heavy (non-hydrogen) atoms. The van der Waals surface area contributed by atoms with Gasteiger partial charge >= 0.3 is 47.6 Å². The lowest BCUT2D eigenvalue weighted by Gasteiger charge is -2.21. The maximum absolute atomic E-state index is 11.6. The van der Waals surface area contributed by atoms with Crippen LogP contribution in [0.4, 0.5) is 0 Å². The quantitative estimate of drug-likeness (QED) is 0.0215. The van der Waals surface area contributed by atoms with Crippen molar-refractivity contribution in [2.45, 2.75) is 237 Å². The third-order valence-electron chi connectivity index (χ3n) is 10.4. The van der Waals surface area contributed by atoms with Gasteiger partial charge in [-0.25, -0.2) is 21.5 Å². The van der Waals surface area contributed by atoms with E-state index in [0.29, 0.717) is 44.9 Å². The number of hydrogen-bond acceptors (Lipinski definition) is 13. The van der Waals surface area contributed by atoms with Crippen molar-refractivity contribution in [2.75, 3.05) is 0 Å². The molecule has 0 aromatic rings. The van der Waals surface area contributed by atoms with Crippen LogP contribution < -0.4 is 0 Å². The van der Waals surface area contributed by atoms with Gasteiger partial charge in [0.25, 0.3) is 0 Å². The molecule has 0 heterocycles. The normalized spacial score (nSPS) is 14.9. The van der Waals surface area contributed by atoms with E-state index in [-0.39, 0.29) is 19.3 Å². The van der Waals surface area contributed by atoms with Crippen molar-refractivity contribution < 1.29 is 78.5 Å². The van der Waals surface area contributed by atoms with E-state index >= 15 is 0 Å². The van der Waals surface area contributed by atoms with Gasteiger partial charge in [0.05, 0.1) is 24.4 Å². The molecule has 0 aromatic carbocycles. The van der Waals surface area contributed by atoms with Gasteiger partial charge in [0.15, 0.2) is 0 Å². The summed E-state index contributed by atoms with van der Waals surface area (Å²) in [5.74, 6) is -0.941. The average Bonchev–Trinajstić information content (AvgIpc) is 3.12. The van der Waals surface area contributed by atoms with Gasteiger partial charge in [-0.2, -0.15) is 33.7 Å². The minimum Gasteiger partial charge on any atom is -0.478 e. The van der Waals surface area contributed by atoms with E-state index in [1.54, 1.807) is 13.0 Å². The second-order valence-electron chi connectivity index (χ2n) is 16.3. The summed E-state index contributed by atoms with van der Waals surface area (Å²) in [5.41, 5.74) is 0. The predicted molar refractivity (Wildman–Crippen MR) is 236 cm³/mol. The summed E-state index contributed by atoms with van der Waals surface area (Å²) in [6.45, 7) is 1.56. The molecule has 18 nitrogen and oxygen atoms in total. The smallest absolute Gasteiger partial charge is 0.397 e. The van der Waals surface area contributed by atoms with Crippen molar-refractivity contribution in [3.63, 3.8) is 0 Å². The SMILES string of the molecule is CC(CCCCCCCC(CCCCCCCCCCCCCC(CC(CCCCCCCCCCC/C=C/C(=O)O)OS(=O)(=O)O)OS(=O)(=O)O)OS(=O)(=O)O)OS(=O)(=O)O. The maximum atomic E-state index is 11.6. The van der Waals surface area contributed by atoms with Gasteiger partial charge in [-0.3, -0.25) is 18.2 Å². The zero-order valence-corrected chi connectivity index (χ0v) is 40.0. The van der Waals surface area contributed by atoms with Gasteiger partial charge in [-0.05, 0) is 51.9 Å². The molecule has 4 unspecified atom stereocenters. The molecule has 22 heteroatoms. The highest BCUT2D eigenvalue weighted by Crippen LogP contribution is 2.23. The molecule has 0 saturated carbocycles. The topological polar surface area (TPSA) is 292 Å². The van der Waals surface area contributed by atoms with Crippen molar-refractivity contribution in [3.8, 4) is 0 Å². The summed E-state index contributed by atoms with van der Waals surface area (Å²) in [6.07, 6.45) is 24.5. The van der Waals surface area contributed by atoms with E-state index in [4.69, 9.17) is 22.2 Å². The Labute approximate surface area is 373 Å². The minimum atomic E-state index is -4.81. The van der Waals surface area contributed by atoms with Crippen molar-refractivity contribution in [1.82, 2.24) is 0 Å². The largest absolute Gasteiger partial charge is 0.478 e. The third-order valence-corrected chi connectivity index (χ3v) is 12.5. The van der Waals surface area contributed by atoms with Gasteiger partial charge in [-0.15, -0.1) is 0 Å². The molecule has 0 aliphatic heterocycles. The summed E-state index contributed by atoms with van der Waals surface area (Å²) >= 11 is 0. The molecule has 5 N–H and O–H groups in total. The van der Waals surface area contributed by atoms with Gasteiger partial charge in [0.1, 0.15) is 0 Å². The molecule has 370 valence electrons. The Morgan fingerprint density at radius 3 is 0.968 bits per heavy atom. The number of rotatable bonds is 45. The summed E-state index contributed by atoms with van der Waals surface area (Å²) in [4.78, 5) is 10.5. The maximum Gasteiger partial charge on any atom is 0.397 e. The zero-order chi connectivity index (χ0) is 46.8. The van der Waals surface area contributed by atoms with Crippen LogP contribution in [0.15, 0.2) is 12.2 Å². The van der Waals surface area contributed by atoms with Gasteiger partial charge < -0.3 is 5.11 Å². The second-order valence-corrected chi connectivity index (χ2v) is 20.5. The molecule has 0 spiro atoms. The number of hydrogen-bond donors (Lipinski definition) is 5. The van der Waals surface area contributed by atoms with E-state index < -0.39 is 72.0 Å². The van der Waals surface area contributed by atoms with Crippen LogP contribution in [0.5, 0.6) is 0 Å². The molecule has 0 amide bonds. The molecular formula is C40H78O18S4. The second kappa shape index (κ2) is 35.9. The number of carboxylic acid groups (broad SMARTS) is 1. The lowest BCUT2D eigenvalue weighted by molar-refractivity contribution is -0.131. The minimum absolute atomic E-state index is 0.140. The molecule has 0 rings (SSSR count). The lowest BCUT2D eigenvalue weighted by atomic mass is 9.99. The van der Waals surface area contributed by atoms with E-state index in [0.717, 1.165) is 147 Å². The number of carbonyl (C=O) groups is 1. The van der Waals surface area contributed by atoms with Crippen molar-refractivity contribution in [1.29, 1.82) is 0 Å². The fourth-order valence-corrected chi connectivity index (χ4v) is 9.53. The monoisotopic (exact) mass is 974 g/mol. The van der Waals surface area contributed by atoms with Crippen LogP contribution in [0.1, 0.15) is 212 Å². The summed E-state index contributed by atoms with van der Waals surface area (Å²) < 4.78 is 146. The van der Waals surface area contributed by atoms with Crippen LogP contribution in [-0.2, 0) is 63.1 Å². The Kier molecular flexibility index (Phi) is 35.1. The van der Waals surface area contributed by atoms with Gasteiger partial charge in [-0.1, -0.05) is 160 Å². The van der Waals surface area contributed by atoms with E-state index in [9.17, 15) is 52.1 Å². The Bertz CT molecular complexity index is 1600. The Morgan fingerprint density at radius 1 is 0.403 bits per heavy atom. The predicted octanol–water partition coefficient (Wildman–Crippen LogP) is 9.88. The molecule has 0 fully saturated rings. The highest BCUT2D eigenvalue weighted by Gasteiger charge is 2.25.